The summed E-state index contributed by atoms with van der Waals surface area (Å²) in [7, 11) is 0. The van der Waals surface area contributed by atoms with E-state index < -0.39 is 0 Å². The first kappa shape index (κ1) is 14.1. The summed E-state index contributed by atoms with van der Waals surface area (Å²) in [5, 5.41) is 11.8. The number of aryl methyl sites for hydroxylation is 1. The van der Waals surface area contributed by atoms with Crippen LogP contribution in [0.5, 0.6) is 0 Å². The Bertz CT molecular complexity index is 588. The van der Waals surface area contributed by atoms with Crippen LogP contribution in [0.25, 0.3) is 0 Å². The van der Waals surface area contributed by atoms with E-state index in [2.05, 4.69) is 5.32 Å². The number of aliphatic hydroxyl groups excluding tert-OH is 1. The number of nitrogens with zero attached hydrogens (tertiary/aromatic N) is 1. The number of amides is 1. The standard InChI is InChI=1S/C15H19N3O2/c1-2-7-18-9-12(16)8-14(18)15(20)17-13-5-3-11(10-19)4-6-13/h3-6,8-9,19H,2,7,10,16H2,1H3,(H,17,20). The average molecular weight is 273 g/mol. The van der Waals surface area contributed by atoms with Crippen LogP contribution in [0, 0.1) is 0 Å². The number of aromatic nitrogens is 1. The molecule has 4 N–H and O–H groups in total. The van der Waals surface area contributed by atoms with Gasteiger partial charge in [-0.05, 0) is 30.2 Å². The molecule has 0 saturated carbocycles. The number of hydrogen-bond donors (Lipinski definition) is 3. The molecule has 1 aromatic carbocycles. The fraction of sp³-hybridized carbons (Fsp3) is 0.267. The molecule has 1 heterocycles. The van der Waals surface area contributed by atoms with E-state index in [0.29, 0.717) is 17.1 Å². The summed E-state index contributed by atoms with van der Waals surface area (Å²) in [4.78, 5) is 12.2. The van der Waals surface area contributed by atoms with Gasteiger partial charge in [-0.25, -0.2) is 0 Å². The van der Waals surface area contributed by atoms with Crippen LogP contribution in [0.15, 0.2) is 36.5 Å². The van der Waals surface area contributed by atoms with Crippen molar-refractivity contribution in [3.8, 4) is 0 Å². The third-order valence-corrected chi connectivity index (χ3v) is 3.01. The maximum atomic E-state index is 12.2. The van der Waals surface area contributed by atoms with Crippen molar-refractivity contribution in [1.29, 1.82) is 0 Å². The molecule has 1 aromatic heterocycles. The Morgan fingerprint density at radius 1 is 1.35 bits per heavy atom. The normalized spacial score (nSPS) is 10.5. The fourth-order valence-electron chi connectivity index (χ4n) is 2.04. The van der Waals surface area contributed by atoms with Crippen LogP contribution in [0.2, 0.25) is 0 Å². The lowest BCUT2D eigenvalue weighted by atomic mass is 10.2. The Hall–Kier alpha value is -2.27. The van der Waals surface area contributed by atoms with Gasteiger partial charge in [0.2, 0.25) is 0 Å². The number of nitrogens with two attached hydrogens (primary N) is 1. The second-order valence-corrected chi connectivity index (χ2v) is 4.66. The highest BCUT2D eigenvalue weighted by molar-refractivity contribution is 6.03. The van der Waals surface area contributed by atoms with Crippen molar-refractivity contribution >= 4 is 17.3 Å². The zero-order chi connectivity index (χ0) is 14.5. The van der Waals surface area contributed by atoms with E-state index in [9.17, 15) is 4.79 Å². The molecule has 20 heavy (non-hydrogen) atoms. The van der Waals surface area contributed by atoms with Crippen LogP contribution < -0.4 is 11.1 Å². The van der Waals surface area contributed by atoms with Gasteiger partial charge in [0.1, 0.15) is 5.69 Å². The monoisotopic (exact) mass is 273 g/mol. The number of nitrogens with one attached hydrogen (secondary N) is 1. The van der Waals surface area contributed by atoms with Gasteiger partial charge < -0.3 is 20.7 Å². The minimum absolute atomic E-state index is 0.00981. The molecule has 0 saturated heterocycles. The lowest BCUT2D eigenvalue weighted by molar-refractivity contribution is 0.101. The lowest BCUT2D eigenvalue weighted by Crippen LogP contribution is -2.16. The first-order valence-electron chi connectivity index (χ1n) is 6.61. The van der Waals surface area contributed by atoms with Crippen molar-refractivity contribution in [1.82, 2.24) is 4.57 Å². The second kappa shape index (κ2) is 6.25. The molecule has 0 atom stereocenters. The summed E-state index contributed by atoms with van der Waals surface area (Å²) in [6.07, 6.45) is 2.70. The zero-order valence-corrected chi connectivity index (χ0v) is 11.5. The number of carbonyl (C=O) groups is 1. The molecule has 0 bridgehead atoms. The molecule has 5 heteroatoms. The van der Waals surface area contributed by atoms with Crippen LogP contribution in [0.3, 0.4) is 0 Å². The van der Waals surface area contributed by atoms with Gasteiger partial charge in [-0.2, -0.15) is 0 Å². The van der Waals surface area contributed by atoms with Gasteiger partial charge >= 0.3 is 0 Å². The molecule has 0 aliphatic heterocycles. The van der Waals surface area contributed by atoms with Crippen molar-refractivity contribution in [2.45, 2.75) is 26.5 Å². The first-order chi connectivity index (χ1) is 9.63. The average Bonchev–Trinajstić information content (AvgIpc) is 2.81. The Kier molecular flexibility index (Phi) is 4.42. The number of anilines is 2. The number of hydrogen-bond acceptors (Lipinski definition) is 3. The maximum Gasteiger partial charge on any atom is 0.272 e. The van der Waals surface area contributed by atoms with Crippen molar-refractivity contribution in [3.63, 3.8) is 0 Å². The predicted octanol–water partition coefficient (Wildman–Crippen LogP) is 2.22. The van der Waals surface area contributed by atoms with Crippen LogP contribution in [0.4, 0.5) is 11.4 Å². The lowest BCUT2D eigenvalue weighted by Gasteiger charge is -2.09. The van der Waals surface area contributed by atoms with E-state index in [1.807, 2.05) is 11.5 Å². The van der Waals surface area contributed by atoms with Crippen molar-refractivity contribution in [2.24, 2.45) is 0 Å². The van der Waals surface area contributed by atoms with Crippen molar-refractivity contribution in [3.05, 3.63) is 47.8 Å². The van der Waals surface area contributed by atoms with E-state index in [4.69, 9.17) is 10.8 Å². The summed E-state index contributed by atoms with van der Waals surface area (Å²) in [6.45, 7) is 2.79. The topological polar surface area (TPSA) is 80.3 Å². The Balaban J connectivity index is 2.14. The van der Waals surface area contributed by atoms with Crippen molar-refractivity contribution in [2.75, 3.05) is 11.1 Å². The smallest absolute Gasteiger partial charge is 0.272 e. The highest BCUT2D eigenvalue weighted by Gasteiger charge is 2.12. The molecule has 0 spiro atoms. The minimum atomic E-state index is -0.188. The molecule has 0 unspecified atom stereocenters. The maximum absolute atomic E-state index is 12.2. The fourth-order valence-corrected chi connectivity index (χ4v) is 2.04. The highest BCUT2D eigenvalue weighted by Crippen LogP contribution is 2.15. The number of benzene rings is 1. The summed E-state index contributed by atoms with van der Waals surface area (Å²) < 4.78 is 1.85. The van der Waals surface area contributed by atoms with E-state index in [1.54, 1.807) is 36.5 Å². The Morgan fingerprint density at radius 3 is 2.65 bits per heavy atom. The predicted molar refractivity (Wildman–Crippen MR) is 79.5 cm³/mol. The molecule has 106 valence electrons. The van der Waals surface area contributed by atoms with Crippen molar-refractivity contribution < 1.29 is 9.90 Å². The molecule has 2 rings (SSSR count). The highest BCUT2D eigenvalue weighted by atomic mass is 16.3. The van der Waals surface area contributed by atoms with Gasteiger partial charge in [-0.3, -0.25) is 4.79 Å². The largest absolute Gasteiger partial charge is 0.397 e. The van der Waals surface area contributed by atoms with E-state index in [0.717, 1.165) is 18.5 Å². The Morgan fingerprint density at radius 2 is 2.05 bits per heavy atom. The number of rotatable bonds is 5. The van der Waals surface area contributed by atoms with Crippen LogP contribution in [-0.4, -0.2) is 15.6 Å². The zero-order valence-electron chi connectivity index (χ0n) is 11.5. The molecule has 1 amide bonds. The summed E-state index contributed by atoms with van der Waals surface area (Å²) in [5.74, 6) is -0.188. The van der Waals surface area contributed by atoms with Crippen LogP contribution in [0.1, 0.15) is 29.4 Å². The summed E-state index contributed by atoms with van der Waals surface area (Å²) >= 11 is 0. The molecular formula is C15H19N3O2. The summed E-state index contributed by atoms with van der Waals surface area (Å²) in [5.41, 5.74) is 8.38. The third-order valence-electron chi connectivity index (χ3n) is 3.01. The van der Waals surface area contributed by atoms with Gasteiger partial charge in [-0.1, -0.05) is 19.1 Å². The number of aliphatic hydroxyl groups is 1. The van der Waals surface area contributed by atoms with Gasteiger partial charge in [0.25, 0.3) is 5.91 Å². The molecule has 0 radical (unpaired) electrons. The van der Waals surface area contributed by atoms with Gasteiger partial charge in [-0.15, -0.1) is 0 Å². The van der Waals surface area contributed by atoms with E-state index >= 15 is 0 Å². The van der Waals surface area contributed by atoms with Crippen LogP contribution in [-0.2, 0) is 13.2 Å². The van der Waals surface area contributed by atoms with Gasteiger partial charge in [0.05, 0.1) is 12.3 Å². The molecule has 0 aliphatic rings. The van der Waals surface area contributed by atoms with Crippen LogP contribution >= 0.6 is 0 Å². The van der Waals surface area contributed by atoms with Gasteiger partial charge in [0, 0.05) is 18.4 Å². The number of carbonyl (C=O) groups excluding carboxylic acids is 1. The molecular weight excluding hydrogens is 254 g/mol. The van der Waals surface area contributed by atoms with E-state index in [1.165, 1.54) is 0 Å². The van der Waals surface area contributed by atoms with E-state index in [-0.39, 0.29) is 12.5 Å². The molecule has 5 nitrogen and oxygen atoms in total. The third kappa shape index (κ3) is 3.19. The minimum Gasteiger partial charge on any atom is -0.397 e. The molecule has 0 aliphatic carbocycles. The SMILES string of the molecule is CCCn1cc(N)cc1C(=O)Nc1ccc(CO)cc1. The second-order valence-electron chi connectivity index (χ2n) is 4.66. The molecule has 2 aromatic rings. The van der Waals surface area contributed by atoms with Gasteiger partial charge in [0.15, 0.2) is 0 Å². The Labute approximate surface area is 118 Å². The number of nitrogen functional groups attached to an aromatic ring is 1. The molecule has 0 fully saturated rings. The summed E-state index contributed by atoms with van der Waals surface area (Å²) in [6, 6.07) is 8.75. The first-order valence-corrected chi connectivity index (χ1v) is 6.61. The quantitative estimate of drug-likeness (QED) is 0.781.